The molecule has 0 aromatic rings. The van der Waals surface area contributed by atoms with Crippen LogP contribution >= 0.6 is 0 Å². The molecule has 0 aromatic carbocycles. The second-order valence-electron chi connectivity index (χ2n) is 14.6. The van der Waals surface area contributed by atoms with Gasteiger partial charge in [-0.1, -0.05) is 53.2 Å². The minimum Gasteiger partial charge on any atom is -0.481 e. The summed E-state index contributed by atoms with van der Waals surface area (Å²) in [5.74, 6) is -0.0914. The average molecular weight is 505 g/mol. The van der Waals surface area contributed by atoms with Crippen LogP contribution < -0.4 is 0 Å². The van der Waals surface area contributed by atoms with Gasteiger partial charge in [0.1, 0.15) is 0 Å². The Labute approximate surface area is 216 Å². The summed E-state index contributed by atoms with van der Waals surface area (Å²) >= 11 is 0. The number of aliphatic carboxylic acids is 1. The molecule has 0 aromatic heterocycles. The molecule has 0 spiro atoms. The van der Waals surface area contributed by atoms with Crippen molar-refractivity contribution in [2.24, 2.45) is 56.7 Å². The number of hydrogen-bond donors (Lipinski definition) is 5. The number of carboxylic acid groups (broad SMARTS) is 1. The zero-order chi connectivity index (χ0) is 26.6. The highest BCUT2D eigenvalue weighted by molar-refractivity contribution is 5.76. The molecular formula is C30H48O6. The first kappa shape index (κ1) is 26.6. The number of aliphatic hydroxyl groups is 4. The van der Waals surface area contributed by atoms with Gasteiger partial charge in [-0.15, -0.1) is 0 Å². The molecule has 0 heterocycles. The Morgan fingerprint density at radius 1 is 1.00 bits per heavy atom. The van der Waals surface area contributed by atoms with E-state index >= 15 is 0 Å². The summed E-state index contributed by atoms with van der Waals surface area (Å²) in [6, 6.07) is 0. The topological polar surface area (TPSA) is 118 Å². The quantitative estimate of drug-likeness (QED) is 0.363. The number of carbonyl (C=O) groups is 1. The molecule has 0 amide bonds. The third kappa shape index (κ3) is 2.96. The maximum absolute atomic E-state index is 12.8. The molecule has 0 aliphatic heterocycles. The number of carboxylic acids is 1. The zero-order valence-corrected chi connectivity index (χ0v) is 23.0. The van der Waals surface area contributed by atoms with Crippen LogP contribution in [-0.2, 0) is 4.79 Å². The van der Waals surface area contributed by atoms with Crippen LogP contribution in [0.4, 0.5) is 0 Å². The van der Waals surface area contributed by atoms with E-state index < -0.39 is 40.5 Å². The van der Waals surface area contributed by atoms with Gasteiger partial charge in [0.15, 0.2) is 0 Å². The summed E-state index contributed by atoms with van der Waals surface area (Å²) in [6.45, 7) is 12.8. The minimum absolute atomic E-state index is 0.000534. The van der Waals surface area contributed by atoms with Gasteiger partial charge in [-0.3, -0.25) is 4.79 Å². The molecule has 4 fully saturated rings. The molecule has 6 heteroatoms. The smallest absolute Gasteiger partial charge is 0.310 e. The second kappa shape index (κ2) is 8.03. The molecule has 0 bridgehead atoms. The highest BCUT2D eigenvalue weighted by Crippen LogP contribution is 2.75. The lowest BCUT2D eigenvalue weighted by molar-refractivity contribution is -0.273. The summed E-state index contributed by atoms with van der Waals surface area (Å²) in [5, 5.41) is 54.7. The van der Waals surface area contributed by atoms with Crippen molar-refractivity contribution in [3.8, 4) is 0 Å². The van der Waals surface area contributed by atoms with Gasteiger partial charge >= 0.3 is 5.97 Å². The van der Waals surface area contributed by atoms with E-state index in [0.29, 0.717) is 25.2 Å². The molecule has 5 rings (SSSR count). The van der Waals surface area contributed by atoms with E-state index in [9.17, 15) is 30.3 Å². The van der Waals surface area contributed by atoms with Crippen LogP contribution in [0.15, 0.2) is 11.6 Å². The largest absolute Gasteiger partial charge is 0.481 e. The number of fused-ring (bicyclic) bond motifs is 7. The lowest BCUT2D eigenvalue weighted by Gasteiger charge is -2.72. The van der Waals surface area contributed by atoms with E-state index in [1.165, 1.54) is 5.57 Å². The fraction of sp³-hybridized carbons (Fsp3) is 0.900. The van der Waals surface area contributed by atoms with Gasteiger partial charge in [-0.2, -0.15) is 0 Å². The molecule has 0 saturated heterocycles. The first-order chi connectivity index (χ1) is 16.6. The summed E-state index contributed by atoms with van der Waals surface area (Å²) < 4.78 is 0. The highest BCUT2D eigenvalue weighted by atomic mass is 16.4. The molecule has 13 atom stereocenters. The van der Waals surface area contributed by atoms with Crippen molar-refractivity contribution in [1.82, 2.24) is 0 Å². The first-order valence-corrected chi connectivity index (χ1v) is 14.2. The van der Waals surface area contributed by atoms with E-state index in [1.807, 2.05) is 6.92 Å². The van der Waals surface area contributed by atoms with Crippen molar-refractivity contribution in [1.29, 1.82) is 0 Å². The Morgan fingerprint density at radius 2 is 1.67 bits per heavy atom. The fourth-order valence-corrected chi connectivity index (χ4v) is 11.2. The monoisotopic (exact) mass is 504 g/mol. The predicted molar refractivity (Wildman–Crippen MR) is 137 cm³/mol. The van der Waals surface area contributed by atoms with Gasteiger partial charge in [0.2, 0.25) is 0 Å². The third-order valence-corrected chi connectivity index (χ3v) is 13.4. The molecule has 0 radical (unpaired) electrons. The van der Waals surface area contributed by atoms with E-state index in [4.69, 9.17) is 0 Å². The van der Waals surface area contributed by atoms with E-state index in [0.717, 1.165) is 25.7 Å². The molecule has 5 unspecified atom stereocenters. The lowest BCUT2D eigenvalue weighted by atomic mass is 9.32. The Balaban J connectivity index is 1.65. The Bertz CT molecular complexity index is 963. The Hall–Kier alpha value is -0.950. The summed E-state index contributed by atoms with van der Waals surface area (Å²) in [4.78, 5) is 12.8. The minimum atomic E-state index is -1.08. The maximum atomic E-state index is 12.8. The molecule has 36 heavy (non-hydrogen) atoms. The number of allylic oxidation sites excluding steroid dienone is 2. The summed E-state index contributed by atoms with van der Waals surface area (Å²) in [6.07, 6.45) is 4.44. The van der Waals surface area contributed by atoms with Crippen molar-refractivity contribution in [3.05, 3.63) is 11.6 Å². The second-order valence-corrected chi connectivity index (χ2v) is 14.6. The van der Waals surface area contributed by atoms with Gasteiger partial charge in [0.25, 0.3) is 0 Å². The number of aliphatic hydroxyl groups excluding tert-OH is 4. The van der Waals surface area contributed by atoms with Gasteiger partial charge in [-0.25, -0.2) is 0 Å². The molecule has 4 saturated carbocycles. The standard InChI is InChI=1S/C30H48O6/c1-16-9-10-30(25(35)36)12-11-28(5)18(22(30)17(16)2)7-8-21-26(3)13-20(33)24(34)27(4,15-31)23(26)19(32)14-29(21,28)6/h7,16-17,19-24,31-34H,8-15H2,1-6H3,(H,35,36)/t16?,17?,19?,20?,21-,22+,23-,24?,26-,27+,28-,29-,30+/m1/s1. The van der Waals surface area contributed by atoms with Gasteiger partial charge in [0, 0.05) is 11.3 Å². The van der Waals surface area contributed by atoms with Crippen molar-refractivity contribution in [3.63, 3.8) is 0 Å². The third-order valence-electron chi connectivity index (χ3n) is 13.4. The Morgan fingerprint density at radius 3 is 2.28 bits per heavy atom. The first-order valence-electron chi connectivity index (χ1n) is 14.2. The van der Waals surface area contributed by atoms with Gasteiger partial charge < -0.3 is 25.5 Å². The number of hydrogen-bond acceptors (Lipinski definition) is 5. The predicted octanol–water partition coefficient (Wildman–Crippen LogP) is 4.00. The summed E-state index contributed by atoms with van der Waals surface area (Å²) in [7, 11) is 0. The van der Waals surface area contributed by atoms with Crippen LogP contribution in [0.1, 0.15) is 86.5 Å². The van der Waals surface area contributed by atoms with Crippen molar-refractivity contribution >= 4 is 5.97 Å². The van der Waals surface area contributed by atoms with Crippen LogP contribution in [0.25, 0.3) is 0 Å². The van der Waals surface area contributed by atoms with Gasteiger partial charge in [0.05, 0.1) is 30.3 Å². The average Bonchev–Trinajstić information content (AvgIpc) is 2.80. The molecular weight excluding hydrogens is 456 g/mol. The fourth-order valence-electron chi connectivity index (χ4n) is 11.2. The normalized spacial score (nSPS) is 58.6. The summed E-state index contributed by atoms with van der Waals surface area (Å²) in [5.41, 5.74) is -1.41. The van der Waals surface area contributed by atoms with Crippen molar-refractivity contribution in [2.45, 2.75) is 105 Å². The highest BCUT2D eigenvalue weighted by Gasteiger charge is 2.72. The molecule has 5 aliphatic rings. The lowest BCUT2D eigenvalue weighted by Crippen LogP contribution is -2.71. The van der Waals surface area contributed by atoms with Crippen molar-refractivity contribution in [2.75, 3.05) is 6.61 Å². The molecule has 6 nitrogen and oxygen atoms in total. The van der Waals surface area contributed by atoms with Crippen LogP contribution in [0, 0.1) is 56.7 Å². The number of rotatable bonds is 2. The maximum Gasteiger partial charge on any atom is 0.310 e. The van der Waals surface area contributed by atoms with Crippen molar-refractivity contribution < 1.29 is 30.3 Å². The van der Waals surface area contributed by atoms with Crippen LogP contribution in [0.3, 0.4) is 0 Å². The zero-order valence-electron chi connectivity index (χ0n) is 23.0. The van der Waals surface area contributed by atoms with Crippen LogP contribution in [0.2, 0.25) is 0 Å². The van der Waals surface area contributed by atoms with Crippen LogP contribution in [-0.4, -0.2) is 56.4 Å². The molecule has 5 N–H and O–H groups in total. The van der Waals surface area contributed by atoms with Crippen LogP contribution in [0.5, 0.6) is 0 Å². The molecule has 204 valence electrons. The van der Waals surface area contributed by atoms with Gasteiger partial charge in [-0.05, 0) is 84.9 Å². The molecule has 5 aliphatic carbocycles. The van der Waals surface area contributed by atoms with E-state index in [-0.39, 0.29) is 41.1 Å². The SMILES string of the molecule is CC1CC[C@]2(C(=O)O)CC[C@]3(C)C(=CC[C@@H]4[C@@]5(C)CC(O)C(O)[C@@](C)(CO)[C@@H]5C(O)C[C@]43C)[C@@H]2C1C. The Kier molecular flexibility index (Phi) is 5.95. The van der Waals surface area contributed by atoms with E-state index in [1.54, 1.807) is 0 Å². The van der Waals surface area contributed by atoms with E-state index in [2.05, 4.69) is 40.7 Å².